The van der Waals surface area contributed by atoms with E-state index in [0.29, 0.717) is 19.0 Å². The maximum Gasteiger partial charge on any atom is 0.317 e. The van der Waals surface area contributed by atoms with Crippen molar-refractivity contribution in [2.75, 3.05) is 19.6 Å². The van der Waals surface area contributed by atoms with E-state index in [1.165, 1.54) is 12.8 Å². The lowest BCUT2D eigenvalue weighted by Crippen LogP contribution is -2.56. The van der Waals surface area contributed by atoms with E-state index < -0.39 is 5.97 Å². The van der Waals surface area contributed by atoms with Crippen LogP contribution in [0.15, 0.2) is 30.3 Å². The number of carboxylic acid groups (broad SMARTS) is 1. The summed E-state index contributed by atoms with van der Waals surface area (Å²) >= 11 is 0. The van der Waals surface area contributed by atoms with Crippen LogP contribution >= 0.6 is 0 Å². The standard InChI is InChI=1S/C22H29N3O4/c26-20-8-17(13-25(20)12-15-4-2-1-3-5-15)22(29)23-18-9-19(10-18)24(14-21(27)28)11-16-6-7-16/h1-5,16-19H,6-14H2,(H,23,29)(H,27,28). The highest BCUT2D eigenvalue weighted by Crippen LogP contribution is 2.34. The van der Waals surface area contributed by atoms with E-state index >= 15 is 0 Å². The summed E-state index contributed by atoms with van der Waals surface area (Å²) in [5, 5.41) is 12.2. The molecule has 3 fully saturated rings. The molecule has 0 aromatic heterocycles. The first-order valence-corrected chi connectivity index (χ1v) is 10.6. The average molecular weight is 399 g/mol. The number of aliphatic carboxylic acids is 1. The molecule has 1 unspecified atom stereocenters. The second-order valence-electron chi connectivity index (χ2n) is 8.76. The van der Waals surface area contributed by atoms with Gasteiger partial charge in [0.1, 0.15) is 0 Å². The molecular formula is C22H29N3O4. The van der Waals surface area contributed by atoms with Crippen LogP contribution in [-0.4, -0.2) is 64.4 Å². The van der Waals surface area contributed by atoms with E-state index in [2.05, 4.69) is 10.2 Å². The third-order valence-electron chi connectivity index (χ3n) is 6.31. The predicted octanol–water partition coefficient (Wildman–Crippen LogP) is 1.48. The zero-order chi connectivity index (χ0) is 20.4. The fourth-order valence-corrected chi connectivity index (χ4v) is 4.38. The minimum Gasteiger partial charge on any atom is -0.480 e. The Morgan fingerprint density at radius 2 is 1.90 bits per heavy atom. The first-order chi connectivity index (χ1) is 14.0. The zero-order valence-electron chi connectivity index (χ0n) is 16.6. The second kappa shape index (κ2) is 8.53. The Morgan fingerprint density at radius 3 is 2.55 bits per heavy atom. The molecule has 7 nitrogen and oxygen atoms in total. The van der Waals surface area contributed by atoms with Gasteiger partial charge in [0.15, 0.2) is 0 Å². The number of nitrogens with one attached hydrogen (secondary N) is 1. The number of carboxylic acids is 1. The van der Waals surface area contributed by atoms with Gasteiger partial charge in [-0.1, -0.05) is 30.3 Å². The maximum atomic E-state index is 12.6. The number of hydrogen-bond donors (Lipinski definition) is 2. The van der Waals surface area contributed by atoms with Gasteiger partial charge in [-0.25, -0.2) is 0 Å². The Hall–Kier alpha value is -2.41. The number of amides is 2. The molecule has 1 heterocycles. The van der Waals surface area contributed by atoms with Crippen molar-refractivity contribution in [1.82, 2.24) is 15.1 Å². The third-order valence-corrected chi connectivity index (χ3v) is 6.31. The first kappa shape index (κ1) is 19.9. The van der Waals surface area contributed by atoms with Crippen LogP contribution in [0, 0.1) is 11.8 Å². The maximum absolute atomic E-state index is 12.6. The van der Waals surface area contributed by atoms with Crippen molar-refractivity contribution in [1.29, 1.82) is 0 Å². The molecule has 2 saturated carbocycles. The summed E-state index contributed by atoms with van der Waals surface area (Å²) in [5.74, 6) is -0.474. The fraction of sp³-hybridized carbons (Fsp3) is 0.591. The van der Waals surface area contributed by atoms with Gasteiger partial charge < -0.3 is 15.3 Å². The Morgan fingerprint density at radius 1 is 1.17 bits per heavy atom. The molecule has 2 N–H and O–H groups in total. The summed E-state index contributed by atoms with van der Waals surface area (Å²) in [7, 11) is 0. The molecule has 1 saturated heterocycles. The van der Waals surface area contributed by atoms with E-state index in [-0.39, 0.29) is 42.8 Å². The molecule has 0 spiro atoms. The van der Waals surface area contributed by atoms with Gasteiger partial charge in [-0.3, -0.25) is 19.3 Å². The van der Waals surface area contributed by atoms with Crippen LogP contribution in [0.25, 0.3) is 0 Å². The van der Waals surface area contributed by atoms with Gasteiger partial charge in [-0.2, -0.15) is 0 Å². The van der Waals surface area contributed by atoms with Crippen LogP contribution < -0.4 is 5.32 Å². The predicted molar refractivity (Wildman–Crippen MR) is 107 cm³/mol. The van der Waals surface area contributed by atoms with Crippen LogP contribution in [0.5, 0.6) is 0 Å². The van der Waals surface area contributed by atoms with E-state index in [1.807, 2.05) is 30.3 Å². The largest absolute Gasteiger partial charge is 0.480 e. The molecular weight excluding hydrogens is 370 g/mol. The molecule has 4 rings (SSSR count). The van der Waals surface area contributed by atoms with Crippen LogP contribution in [0.3, 0.4) is 0 Å². The van der Waals surface area contributed by atoms with Gasteiger partial charge in [0.2, 0.25) is 11.8 Å². The highest BCUT2D eigenvalue weighted by atomic mass is 16.4. The lowest BCUT2D eigenvalue weighted by molar-refractivity contribution is -0.140. The van der Waals surface area contributed by atoms with Gasteiger partial charge in [-0.05, 0) is 37.2 Å². The van der Waals surface area contributed by atoms with Crippen molar-refractivity contribution in [3.8, 4) is 0 Å². The minimum atomic E-state index is -0.791. The number of rotatable bonds is 9. The monoisotopic (exact) mass is 399 g/mol. The van der Waals surface area contributed by atoms with Gasteiger partial charge in [0, 0.05) is 38.1 Å². The highest BCUT2D eigenvalue weighted by Gasteiger charge is 2.40. The van der Waals surface area contributed by atoms with Crippen LogP contribution in [0.1, 0.15) is 37.7 Å². The smallest absolute Gasteiger partial charge is 0.317 e. The summed E-state index contributed by atoms with van der Waals surface area (Å²) in [6.45, 7) is 1.93. The first-order valence-electron chi connectivity index (χ1n) is 10.6. The Labute approximate surface area is 171 Å². The molecule has 0 radical (unpaired) electrons. The SMILES string of the molecule is O=C(O)CN(CC1CC1)C1CC(NC(=O)C2CC(=O)N(Cc3ccccc3)C2)C1. The molecule has 1 atom stereocenters. The summed E-state index contributed by atoms with van der Waals surface area (Å²) in [5.41, 5.74) is 1.07. The molecule has 156 valence electrons. The number of nitrogens with zero attached hydrogens (tertiary/aromatic N) is 2. The lowest BCUT2D eigenvalue weighted by atomic mass is 9.84. The average Bonchev–Trinajstić information content (AvgIpc) is 3.39. The van der Waals surface area contributed by atoms with E-state index in [9.17, 15) is 14.4 Å². The van der Waals surface area contributed by atoms with Crippen LogP contribution in [0.4, 0.5) is 0 Å². The molecule has 3 aliphatic rings. The third kappa shape index (κ3) is 5.15. The molecule has 2 amide bonds. The zero-order valence-corrected chi connectivity index (χ0v) is 16.6. The van der Waals surface area contributed by atoms with E-state index in [1.54, 1.807) is 4.90 Å². The molecule has 0 bridgehead atoms. The minimum absolute atomic E-state index is 0.0255. The van der Waals surface area contributed by atoms with Crippen LogP contribution in [0.2, 0.25) is 0 Å². The normalized spacial score (nSPS) is 26.4. The van der Waals surface area contributed by atoms with Gasteiger partial charge in [-0.15, -0.1) is 0 Å². The molecule has 1 aromatic carbocycles. The van der Waals surface area contributed by atoms with Crippen molar-refractivity contribution in [3.63, 3.8) is 0 Å². The fourth-order valence-electron chi connectivity index (χ4n) is 4.38. The molecule has 29 heavy (non-hydrogen) atoms. The number of carbonyl (C=O) groups excluding carboxylic acids is 2. The Kier molecular flexibility index (Phi) is 5.85. The van der Waals surface area contributed by atoms with Gasteiger partial charge in [0.25, 0.3) is 0 Å². The topological polar surface area (TPSA) is 90.0 Å². The van der Waals surface area contributed by atoms with Crippen molar-refractivity contribution in [3.05, 3.63) is 35.9 Å². The number of likely N-dealkylation sites (tertiary alicyclic amines) is 1. The number of hydrogen-bond acceptors (Lipinski definition) is 4. The molecule has 1 aromatic rings. The summed E-state index contributed by atoms with van der Waals surface area (Å²) < 4.78 is 0. The molecule has 2 aliphatic carbocycles. The van der Waals surface area contributed by atoms with E-state index in [4.69, 9.17) is 5.11 Å². The molecule has 1 aliphatic heterocycles. The Balaban J connectivity index is 1.23. The van der Waals surface area contributed by atoms with E-state index in [0.717, 1.165) is 24.9 Å². The van der Waals surface area contributed by atoms with Crippen LogP contribution in [-0.2, 0) is 20.9 Å². The molecule has 7 heteroatoms. The van der Waals surface area contributed by atoms with Crippen molar-refractivity contribution in [2.24, 2.45) is 11.8 Å². The summed E-state index contributed by atoms with van der Waals surface area (Å²) in [6, 6.07) is 10.1. The highest BCUT2D eigenvalue weighted by molar-refractivity contribution is 5.89. The lowest BCUT2D eigenvalue weighted by Gasteiger charge is -2.43. The number of carbonyl (C=O) groups is 3. The number of benzene rings is 1. The van der Waals surface area contributed by atoms with Gasteiger partial charge >= 0.3 is 5.97 Å². The second-order valence-corrected chi connectivity index (χ2v) is 8.76. The quantitative estimate of drug-likeness (QED) is 0.657. The van der Waals surface area contributed by atoms with Crippen molar-refractivity contribution in [2.45, 2.75) is 50.7 Å². The summed E-state index contributed by atoms with van der Waals surface area (Å²) in [4.78, 5) is 39.9. The van der Waals surface area contributed by atoms with Crippen molar-refractivity contribution >= 4 is 17.8 Å². The van der Waals surface area contributed by atoms with Gasteiger partial charge in [0.05, 0.1) is 12.5 Å². The van der Waals surface area contributed by atoms with Crippen molar-refractivity contribution < 1.29 is 19.5 Å². The summed E-state index contributed by atoms with van der Waals surface area (Å²) in [6.07, 6.45) is 4.23. The Bertz CT molecular complexity index is 759.